The first-order chi connectivity index (χ1) is 12.0. The van der Waals surface area contributed by atoms with Crippen LogP contribution in [0, 0.1) is 18.3 Å². The molecule has 6 nitrogen and oxygen atoms in total. The number of ketones is 1. The minimum absolute atomic E-state index is 0.279. The summed E-state index contributed by atoms with van der Waals surface area (Å²) < 4.78 is 0. The molecule has 2 atom stereocenters. The fraction of sp³-hybridized carbons (Fsp3) is 0.211. The summed E-state index contributed by atoms with van der Waals surface area (Å²) in [5.74, 6) is -2.70. The van der Waals surface area contributed by atoms with Gasteiger partial charge in [-0.1, -0.05) is 17.7 Å². The number of hydrogen-bond acceptors (Lipinski definition) is 5. The molecule has 1 aromatic carbocycles. The molecule has 0 radical (unpaired) electrons. The molecule has 1 aromatic heterocycles. The number of imide groups is 1. The predicted octanol–water partition coefficient (Wildman–Crippen LogP) is 2.25. The lowest BCUT2D eigenvalue weighted by Gasteiger charge is -2.23. The first-order valence-corrected chi connectivity index (χ1v) is 7.78. The van der Waals surface area contributed by atoms with E-state index in [1.807, 2.05) is 13.0 Å². The zero-order valence-corrected chi connectivity index (χ0v) is 13.8. The molecule has 1 aliphatic rings. The standard InChI is InChI=1S/C19H15N3O3/c1-11-6-7-13-14(9-11)19(25)22(18(13)24)12(2)17(23)15(10-20)16-5-3-4-8-21-16/h3-9,12,15H,1-2H3/t12-,15+/m0/s1. The molecule has 0 aliphatic carbocycles. The van der Waals surface area contributed by atoms with Gasteiger partial charge in [-0.3, -0.25) is 24.3 Å². The Morgan fingerprint density at radius 2 is 1.88 bits per heavy atom. The Kier molecular flexibility index (Phi) is 4.15. The Labute approximate surface area is 144 Å². The van der Waals surface area contributed by atoms with Crippen molar-refractivity contribution in [2.24, 2.45) is 0 Å². The maximum atomic E-state index is 12.8. The van der Waals surface area contributed by atoms with Gasteiger partial charge in [0.05, 0.1) is 28.9 Å². The third kappa shape index (κ3) is 2.70. The van der Waals surface area contributed by atoms with Crippen LogP contribution in [0.25, 0.3) is 0 Å². The number of pyridine rings is 1. The van der Waals surface area contributed by atoms with E-state index in [4.69, 9.17) is 0 Å². The first-order valence-electron chi connectivity index (χ1n) is 7.78. The number of carbonyl (C=O) groups excluding carboxylic acids is 3. The fourth-order valence-corrected chi connectivity index (χ4v) is 2.92. The zero-order valence-electron chi connectivity index (χ0n) is 13.8. The van der Waals surface area contributed by atoms with Crippen molar-refractivity contribution in [3.63, 3.8) is 0 Å². The molecule has 0 saturated carbocycles. The molecular formula is C19H15N3O3. The van der Waals surface area contributed by atoms with Crippen molar-refractivity contribution in [1.82, 2.24) is 9.88 Å². The predicted molar refractivity (Wildman–Crippen MR) is 88.7 cm³/mol. The summed E-state index contributed by atoms with van der Waals surface area (Å²) in [6.07, 6.45) is 1.49. The van der Waals surface area contributed by atoms with Crippen LogP contribution in [0.4, 0.5) is 0 Å². The minimum atomic E-state index is -1.14. The molecule has 25 heavy (non-hydrogen) atoms. The van der Waals surface area contributed by atoms with Crippen LogP contribution in [0.1, 0.15) is 44.8 Å². The minimum Gasteiger partial charge on any atom is -0.295 e. The van der Waals surface area contributed by atoms with Crippen LogP contribution in [0.5, 0.6) is 0 Å². The molecule has 2 heterocycles. The summed E-state index contributed by atoms with van der Waals surface area (Å²) in [4.78, 5) is 42.9. The van der Waals surface area contributed by atoms with Gasteiger partial charge in [-0.25, -0.2) is 0 Å². The Hall–Kier alpha value is -3.33. The maximum Gasteiger partial charge on any atom is 0.262 e. The van der Waals surface area contributed by atoms with Gasteiger partial charge in [-0.15, -0.1) is 0 Å². The number of nitriles is 1. The molecular weight excluding hydrogens is 318 g/mol. The normalized spacial score (nSPS) is 15.5. The summed E-state index contributed by atoms with van der Waals surface area (Å²) in [7, 11) is 0. The molecule has 0 N–H and O–H groups in total. The smallest absolute Gasteiger partial charge is 0.262 e. The second-order valence-electron chi connectivity index (χ2n) is 5.92. The molecule has 0 spiro atoms. The lowest BCUT2D eigenvalue weighted by molar-refractivity contribution is -0.122. The van der Waals surface area contributed by atoms with Gasteiger partial charge in [0, 0.05) is 6.20 Å². The third-order valence-electron chi connectivity index (χ3n) is 4.27. The second-order valence-corrected chi connectivity index (χ2v) is 5.92. The van der Waals surface area contributed by atoms with E-state index in [1.165, 1.54) is 13.1 Å². The second kappa shape index (κ2) is 6.29. The number of aromatic nitrogens is 1. The van der Waals surface area contributed by atoms with Crippen molar-refractivity contribution in [3.8, 4) is 6.07 Å². The Bertz CT molecular complexity index is 915. The third-order valence-corrected chi connectivity index (χ3v) is 4.27. The van der Waals surface area contributed by atoms with E-state index < -0.39 is 29.6 Å². The average molecular weight is 333 g/mol. The van der Waals surface area contributed by atoms with E-state index in [0.29, 0.717) is 5.69 Å². The quantitative estimate of drug-likeness (QED) is 0.800. The topological polar surface area (TPSA) is 91.1 Å². The van der Waals surface area contributed by atoms with Gasteiger partial charge in [0.15, 0.2) is 5.78 Å². The van der Waals surface area contributed by atoms with Crippen molar-refractivity contribution >= 4 is 17.6 Å². The number of amides is 2. The first kappa shape index (κ1) is 16.5. The van der Waals surface area contributed by atoms with Gasteiger partial charge in [-0.05, 0) is 38.1 Å². The molecule has 3 rings (SSSR count). The molecule has 6 heteroatoms. The number of hydrogen-bond donors (Lipinski definition) is 0. The van der Waals surface area contributed by atoms with E-state index in [0.717, 1.165) is 10.5 Å². The number of nitrogens with zero attached hydrogens (tertiary/aromatic N) is 3. The van der Waals surface area contributed by atoms with Crippen molar-refractivity contribution in [1.29, 1.82) is 5.26 Å². The molecule has 0 saturated heterocycles. The summed E-state index contributed by atoms with van der Waals surface area (Å²) in [6.45, 7) is 3.28. The molecule has 1 aliphatic heterocycles. The number of aryl methyl sites for hydroxylation is 1. The molecule has 0 unspecified atom stereocenters. The van der Waals surface area contributed by atoms with E-state index in [2.05, 4.69) is 4.98 Å². The zero-order chi connectivity index (χ0) is 18.1. The number of benzene rings is 1. The van der Waals surface area contributed by atoms with Gasteiger partial charge < -0.3 is 0 Å². The van der Waals surface area contributed by atoms with Gasteiger partial charge in [0.1, 0.15) is 5.92 Å². The molecule has 2 aromatic rings. The summed E-state index contributed by atoms with van der Waals surface area (Å²) in [6, 6.07) is 10.8. The van der Waals surface area contributed by atoms with E-state index in [9.17, 15) is 19.6 Å². The Morgan fingerprint density at radius 3 is 2.52 bits per heavy atom. The molecule has 0 fully saturated rings. The number of Topliss-reactive ketones (excluding diaryl/α,β-unsaturated/α-hetero) is 1. The SMILES string of the molecule is Cc1ccc2c(c1)C(=O)N([C@@H](C)C(=O)[C@H](C#N)c1ccccn1)C2=O. The summed E-state index contributed by atoms with van der Waals surface area (Å²) >= 11 is 0. The number of fused-ring (bicyclic) bond motifs is 1. The van der Waals surface area contributed by atoms with Crippen molar-refractivity contribution in [3.05, 3.63) is 65.0 Å². The van der Waals surface area contributed by atoms with Gasteiger partial charge >= 0.3 is 0 Å². The van der Waals surface area contributed by atoms with Gasteiger partial charge in [0.2, 0.25) is 0 Å². The number of carbonyl (C=O) groups is 3. The van der Waals surface area contributed by atoms with Crippen LogP contribution in [-0.4, -0.2) is 33.5 Å². The molecule has 0 bridgehead atoms. The van der Waals surface area contributed by atoms with Crippen molar-refractivity contribution in [2.75, 3.05) is 0 Å². The Morgan fingerprint density at radius 1 is 1.16 bits per heavy atom. The lowest BCUT2D eigenvalue weighted by atomic mass is 9.95. The Balaban J connectivity index is 1.92. The van der Waals surface area contributed by atoms with Gasteiger partial charge in [-0.2, -0.15) is 5.26 Å². The van der Waals surface area contributed by atoms with E-state index in [1.54, 1.807) is 36.4 Å². The monoisotopic (exact) mass is 333 g/mol. The summed E-state index contributed by atoms with van der Waals surface area (Å²) in [5.41, 5.74) is 1.72. The van der Waals surface area contributed by atoms with Crippen LogP contribution in [0.3, 0.4) is 0 Å². The highest BCUT2D eigenvalue weighted by Gasteiger charge is 2.42. The van der Waals surface area contributed by atoms with E-state index >= 15 is 0 Å². The molecule has 2 amide bonds. The van der Waals surface area contributed by atoms with Crippen LogP contribution < -0.4 is 0 Å². The fourth-order valence-electron chi connectivity index (χ4n) is 2.92. The largest absolute Gasteiger partial charge is 0.295 e. The van der Waals surface area contributed by atoms with Crippen LogP contribution in [0.2, 0.25) is 0 Å². The maximum absolute atomic E-state index is 12.8. The highest BCUT2D eigenvalue weighted by Crippen LogP contribution is 2.28. The molecule has 124 valence electrons. The van der Waals surface area contributed by atoms with Crippen LogP contribution in [0.15, 0.2) is 42.6 Å². The van der Waals surface area contributed by atoms with Crippen LogP contribution >= 0.6 is 0 Å². The average Bonchev–Trinajstić information content (AvgIpc) is 2.86. The summed E-state index contributed by atoms with van der Waals surface area (Å²) in [5, 5.41) is 9.38. The lowest BCUT2D eigenvalue weighted by Crippen LogP contribution is -2.44. The van der Waals surface area contributed by atoms with Crippen molar-refractivity contribution < 1.29 is 14.4 Å². The van der Waals surface area contributed by atoms with E-state index in [-0.39, 0.29) is 11.1 Å². The van der Waals surface area contributed by atoms with Gasteiger partial charge in [0.25, 0.3) is 11.8 Å². The van der Waals surface area contributed by atoms with Crippen molar-refractivity contribution in [2.45, 2.75) is 25.8 Å². The number of rotatable bonds is 4. The van der Waals surface area contributed by atoms with Crippen LogP contribution in [-0.2, 0) is 4.79 Å². The highest BCUT2D eigenvalue weighted by molar-refractivity contribution is 6.23. The highest BCUT2D eigenvalue weighted by atomic mass is 16.2.